The Balaban J connectivity index is 1.25. The SMILES string of the molecule is O=C(CN1CCN(Cc2nc3ccccc3c(=O)[nH]2)CC1)NCc1ccccc1. The van der Waals surface area contributed by atoms with Gasteiger partial charge in [0.25, 0.3) is 5.56 Å². The van der Waals surface area contributed by atoms with Gasteiger partial charge in [-0.2, -0.15) is 0 Å². The maximum Gasteiger partial charge on any atom is 0.258 e. The lowest BCUT2D eigenvalue weighted by Gasteiger charge is -2.33. The highest BCUT2D eigenvalue weighted by Gasteiger charge is 2.19. The molecule has 29 heavy (non-hydrogen) atoms. The number of carbonyl (C=O) groups excluding carboxylic acids is 1. The fourth-order valence-electron chi connectivity index (χ4n) is 3.58. The molecule has 3 aromatic rings. The first-order valence-electron chi connectivity index (χ1n) is 9.91. The Bertz CT molecular complexity index is 1030. The third kappa shape index (κ3) is 5.07. The summed E-state index contributed by atoms with van der Waals surface area (Å²) in [4.78, 5) is 36.3. The second kappa shape index (κ2) is 8.98. The van der Waals surface area contributed by atoms with E-state index in [1.54, 1.807) is 6.07 Å². The number of hydrogen-bond donors (Lipinski definition) is 2. The average molecular weight is 391 g/mol. The lowest BCUT2D eigenvalue weighted by molar-refractivity contribution is -0.122. The molecule has 1 aliphatic heterocycles. The fourth-order valence-corrected chi connectivity index (χ4v) is 3.58. The van der Waals surface area contributed by atoms with Crippen LogP contribution in [0.3, 0.4) is 0 Å². The van der Waals surface area contributed by atoms with Gasteiger partial charge in [-0.1, -0.05) is 42.5 Å². The zero-order valence-corrected chi connectivity index (χ0v) is 16.3. The number of H-pyrrole nitrogens is 1. The summed E-state index contributed by atoms with van der Waals surface area (Å²) in [5.74, 6) is 0.727. The van der Waals surface area contributed by atoms with Crippen molar-refractivity contribution in [1.82, 2.24) is 25.1 Å². The summed E-state index contributed by atoms with van der Waals surface area (Å²) < 4.78 is 0. The average Bonchev–Trinajstić information content (AvgIpc) is 2.74. The minimum Gasteiger partial charge on any atom is -0.351 e. The number of nitrogens with zero attached hydrogens (tertiary/aromatic N) is 3. The van der Waals surface area contributed by atoms with E-state index in [0.29, 0.717) is 30.8 Å². The molecular weight excluding hydrogens is 366 g/mol. The Morgan fingerprint density at radius 2 is 1.66 bits per heavy atom. The summed E-state index contributed by atoms with van der Waals surface area (Å²) in [6.45, 7) is 4.87. The van der Waals surface area contributed by atoms with E-state index in [-0.39, 0.29) is 11.5 Å². The van der Waals surface area contributed by atoms with Crippen LogP contribution >= 0.6 is 0 Å². The Morgan fingerprint density at radius 1 is 0.966 bits per heavy atom. The topological polar surface area (TPSA) is 81.3 Å². The molecule has 1 aromatic heterocycles. The molecule has 7 heteroatoms. The summed E-state index contributed by atoms with van der Waals surface area (Å²) >= 11 is 0. The summed E-state index contributed by atoms with van der Waals surface area (Å²) in [5, 5.41) is 3.59. The number of rotatable bonds is 6. The van der Waals surface area contributed by atoms with Crippen molar-refractivity contribution >= 4 is 16.8 Å². The van der Waals surface area contributed by atoms with Crippen molar-refractivity contribution in [2.75, 3.05) is 32.7 Å². The van der Waals surface area contributed by atoms with Crippen LogP contribution in [-0.4, -0.2) is 58.4 Å². The predicted molar refractivity (Wildman–Crippen MR) is 112 cm³/mol. The number of para-hydroxylation sites is 1. The van der Waals surface area contributed by atoms with E-state index >= 15 is 0 Å². The van der Waals surface area contributed by atoms with Crippen molar-refractivity contribution in [2.24, 2.45) is 0 Å². The van der Waals surface area contributed by atoms with Gasteiger partial charge in [-0.25, -0.2) is 4.98 Å². The Kier molecular flexibility index (Phi) is 5.97. The van der Waals surface area contributed by atoms with Crippen LogP contribution in [-0.2, 0) is 17.9 Å². The molecule has 0 spiro atoms. The molecule has 1 aliphatic rings. The number of benzene rings is 2. The third-order valence-electron chi connectivity index (χ3n) is 5.20. The van der Waals surface area contributed by atoms with Crippen LogP contribution in [0, 0.1) is 0 Å². The molecule has 0 saturated carbocycles. The molecule has 1 amide bonds. The zero-order valence-electron chi connectivity index (χ0n) is 16.3. The molecule has 1 saturated heterocycles. The van der Waals surface area contributed by atoms with Crippen LogP contribution in [0.5, 0.6) is 0 Å². The number of aromatic nitrogens is 2. The quantitative estimate of drug-likeness (QED) is 0.663. The van der Waals surface area contributed by atoms with Crippen LogP contribution < -0.4 is 10.9 Å². The maximum atomic E-state index is 12.2. The number of piperazine rings is 1. The minimum absolute atomic E-state index is 0.0443. The van der Waals surface area contributed by atoms with Crippen molar-refractivity contribution in [2.45, 2.75) is 13.1 Å². The highest BCUT2D eigenvalue weighted by molar-refractivity contribution is 5.78. The van der Waals surface area contributed by atoms with Gasteiger partial charge < -0.3 is 10.3 Å². The number of aromatic amines is 1. The first-order valence-corrected chi connectivity index (χ1v) is 9.91. The van der Waals surface area contributed by atoms with Crippen LogP contribution in [0.25, 0.3) is 10.9 Å². The van der Waals surface area contributed by atoms with Gasteiger partial charge in [0.2, 0.25) is 5.91 Å². The molecule has 0 radical (unpaired) electrons. The normalized spacial score (nSPS) is 15.4. The lowest BCUT2D eigenvalue weighted by atomic mass is 10.2. The molecule has 0 aliphatic carbocycles. The molecule has 2 heterocycles. The van der Waals surface area contributed by atoms with E-state index in [9.17, 15) is 9.59 Å². The maximum absolute atomic E-state index is 12.2. The second-order valence-electron chi connectivity index (χ2n) is 7.34. The number of carbonyl (C=O) groups is 1. The van der Waals surface area contributed by atoms with Crippen LogP contribution in [0.4, 0.5) is 0 Å². The van der Waals surface area contributed by atoms with E-state index in [1.165, 1.54) is 0 Å². The zero-order chi connectivity index (χ0) is 20.1. The van der Waals surface area contributed by atoms with Crippen LogP contribution in [0.15, 0.2) is 59.4 Å². The van der Waals surface area contributed by atoms with Gasteiger partial charge in [0.05, 0.1) is 24.0 Å². The number of hydrogen-bond acceptors (Lipinski definition) is 5. The van der Waals surface area contributed by atoms with E-state index in [4.69, 9.17) is 0 Å². The van der Waals surface area contributed by atoms with Crippen LogP contribution in [0.1, 0.15) is 11.4 Å². The molecule has 0 bridgehead atoms. The summed E-state index contributed by atoms with van der Waals surface area (Å²) in [7, 11) is 0. The fraction of sp³-hybridized carbons (Fsp3) is 0.318. The monoisotopic (exact) mass is 391 g/mol. The minimum atomic E-state index is -0.0978. The van der Waals surface area contributed by atoms with Gasteiger partial charge in [-0.3, -0.25) is 19.4 Å². The molecule has 1 fully saturated rings. The Hall–Kier alpha value is -3.03. The van der Waals surface area contributed by atoms with Crippen molar-refractivity contribution in [3.8, 4) is 0 Å². The van der Waals surface area contributed by atoms with Gasteiger partial charge in [0, 0.05) is 32.7 Å². The first-order chi connectivity index (χ1) is 14.2. The largest absolute Gasteiger partial charge is 0.351 e. The van der Waals surface area contributed by atoms with Gasteiger partial charge in [-0.15, -0.1) is 0 Å². The molecular formula is C22H25N5O2. The highest BCUT2D eigenvalue weighted by Crippen LogP contribution is 2.09. The van der Waals surface area contributed by atoms with E-state index in [1.807, 2.05) is 48.5 Å². The second-order valence-corrected chi connectivity index (χ2v) is 7.34. The highest BCUT2D eigenvalue weighted by atomic mass is 16.2. The van der Waals surface area contributed by atoms with E-state index in [0.717, 1.165) is 37.3 Å². The molecule has 2 N–H and O–H groups in total. The number of nitrogens with one attached hydrogen (secondary N) is 2. The van der Waals surface area contributed by atoms with Gasteiger partial charge in [-0.05, 0) is 17.7 Å². The van der Waals surface area contributed by atoms with Gasteiger partial charge >= 0.3 is 0 Å². The Morgan fingerprint density at radius 3 is 2.45 bits per heavy atom. The first kappa shape index (κ1) is 19.3. The molecule has 0 atom stereocenters. The Labute approximate surface area is 169 Å². The van der Waals surface area contributed by atoms with Crippen molar-refractivity contribution in [3.05, 3.63) is 76.3 Å². The molecule has 7 nitrogen and oxygen atoms in total. The van der Waals surface area contributed by atoms with E-state index < -0.39 is 0 Å². The van der Waals surface area contributed by atoms with Crippen molar-refractivity contribution in [3.63, 3.8) is 0 Å². The molecule has 150 valence electrons. The van der Waals surface area contributed by atoms with Crippen molar-refractivity contribution < 1.29 is 4.79 Å². The summed E-state index contributed by atoms with van der Waals surface area (Å²) in [5.41, 5.74) is 1.72. The standard InChI is InChI=1S/C22H25N5O2/c28-21(23-14-17-6-2-1-3-7-17)16-27-12-10-26(11-13-27)15-20-24-19-9-5-4-8-18(19)22(29)25-20/h1-9H,10-16H2,(H,23,28)(H,24,25,29). The molecule has 4 rings (SSSR count). The predicted octanol–water partition coefficient (Wildman–Crippen LogP) is 1.36. The molecule has 2 aromatic carbocycles. The number of amides is 1. The number of fused-ring (bicyclic) bond motifs is 1. The smallest absolute Gasteiger partial charge is 0.258 e. The lowest BCUT2D eigenvalue weighted by Crippen LogP contribution is -2.49. The summed E-state index contributed by atoms with van der Waals surface area (Å²) in [6, 6.07) is 17.3. The van der Waals surface area contributed by atoms with Crippen LogP contribution in [0.2, 0.25) is 0 Å². The van der Waals surface area contributed by atoms with E-state index in [2.05, 4.69) is 25.1 Å². The molecule has 0 unspecified atom stereocenters. The van der Waals surface area contributed by atoms with Crippen molar-refractivity contribution in [1.29, 1.82) is 0 Å². The third-order valence-corrected chi connectivity index (χ3v) is 5.20. The summed E-state index contributed by atoms with van der Waals surface area (Å²) in [6.07, 6.45) is 0. The van der Waals surface area contributed by atoms with Gasteiger partial charge in [0.15, 0.2) is 0 Å². The van der Waals surface area contributed by atoms with Gasteiger partial charge in [0.1, 0.15) is 5.82 Å².